The summed E-state index contributed by atoms with van der Waals surface area (Å²) in [6.45, 7) is 0.840. The van der Waals surface area contributed by atoms with Crippen LogP contribution < -0.4 is 5.73 Å². The van der Waals surface area contributed by atoms with Gasteiger partial charge in [-0.3, -0.25) is 0 Å². The van der Waals surface area contributed by atoms with Crippen LogP contribution in [0.3, 0.4) is 0 Å². The van der Waals surface area contributed by atoms with E-state index in [9.17, 15) is 0 Å². The van der Waals surface area contributed by atoms with Gasteiger partial charge in [0.15, 0.2) is 0 Å². The zero-order valence-corrected chi connectivity index (χ0v) is 8.12. The highest BCUT2D eigenvalue weighted by Crippen LogP contribution is 2.13. The summed E-state index contributed by atoms with van der Waals surface area (Å²) in [4.78, 5) is 0. The molecule has 1 rings (SSSR count). The summed E-state index contributed by atoms with van der Waals surface area (Å²) >= 11 is 0. The molecule has 0 radical (unpaired) electrons. The Hall–Kier alpha value is -1.02. The van der Waals surface area contributed by atoms with Crippen LogP contribution in [0.15, 0.2) is 24.3 Å². The number of rotatable bonds is 5. The fraction of sp³-hybridized carbons (Fsp3) is 0.455. The molecule has 13 heavy (non-hydrogen) atoms. The lowest BCUT2D eigenvalue weighted by atomic mass is 10.1. The minimum Gasteiger partial charge on any atom is -0.399 e. The highest BCUT2D eigenvalue weighted by atomic mass is 16.5. The molecule has 0 saturated carbocycles. The molecule has 0 aromatic heterocycles. The Morgan fingerprint density at radius 1 is 1.23 bits per heavy atom. The monoisotopic (exact) mass is 179 g/mol. The largest absolute Gasteiger partial charge is 0.399 e. The third kappa shape index (κ3) is 3.47. The fourth-order valence-corrected chi connectivity index (χ4v) is 1.32. The Labute approximate surface area is 79.7 Å². The standard InChI is InChI=1S/C11H17NO/c1-13-9-5-4-7-10-6-2-3-8-11(10)12/h2-3,6,8H,4-5,7,9,12H2,1H3. The number of hydrogen-bond acceptors (Lipinski definition) is 2. The maximum absolute atomic E-state index is 5.80. The molecular weight excluding hydrogens is 162 g/mol. The van der Waals surface area contributed by atoms with Gasteiger partial charge in [0.1, 0.15) is 0 Å². The van der Waals surface area contributed by atoms with Crippen LogP contribution >= 0.6 is 0 Å². The molecule has 0 unspecified atom stereocenters. The SMILES string of the molecule is COCCCCc1ccccc1N. The van der Waals surface area contributed by atoms with Crippen molar-refractivity contribution in [2.24, 2.45) is 0 Å². The molecule has 0 amide bonds. The molecule has 0 heterocycles. The molecule has 0 fully saturated rings. The summed E-state index contributed by atoms with van der Waals surface area (Å²) in [6.07, 6.45) is 3.29. The number of hydrogen-bond donors (Lipinski definition) is 1. The van der Waals surface area contributed by atoms with Crippen molar-refractivity contribution in [3.8, 4) is 0 Å². The van der Waals surface area contributed by atoms with E-state index >= 15 is 0 Å². The van der Waals surface area contributed by atoms with E-state index in [1.165, 1.54) is 5.56 Å². The zero-order chi connectivity index (χ0) is 9.52. The van der Waals surface area contributed by atoms with E-state index in [0.717, 1.165) is 31.6 Å². The average molecular weight is 179 g/mol. The van der Waals surface area contributed by atoms with Gasteiger partial charge in [-0.25, -0.2) is 0 Å². The summed E-state index contributed by atoms with van der Waals surface area (Å²) in [5.41, 5.74) is 7.96. The number of ether oxygens (including phenoxy) is 1. The van der Waals surface area contributed by atoms with Gasteiger partial charge in [-0.15, -0.1) is 0 Å². The first-order chi connectivity index (χ1) is 6.34. The molecule has 2 N–H and O–H groups in total. The quantitative estimate of drug-likeness (QED) is 0.555. The number of benzene rings is 1. The van der Waals surface area contributed by atoms with Gasteiger partial charge in [0.2, 0.25) is 0 Å². The van der Waals surface area contributed by atoms with E-state index in [-0.39, 0.29) is 0 Å². The van der Waals surface area contributed by atoms with E-state index in [4.69, 9.17) is 10.5 Å². The number of methoxy groups -OCH3 is 1. The second kappa shape index (κ2) is 5.60. The molecule has 0 aliphatic heterocycles. The number of para-hydroxylation sites is 1. The van der Waals surface area contributed by atoms with Crippen LogP contribution in [0.2, 0.25) is 0 Å². The molecule has 0 spiro atoms. The predicted molar refractivity (Wildman–Crippen MR) is 55.7 cm³/mol. The first kappa shape index (κ1) is 10.1. The first-order valence-corrected chi connectivity index (χ1v) is 4.67. The van der Waals surface area contributed by atoms with Gasteiger partial charge in [0.25, 0.3) is 0 Å². The summed E-state index contributed by atoms with van der Waals surface area (Å²) in [5.74, 6) is 0. The van der Waals surface area contributed by atoms with Gasteiger partial charge in [0.05, 0.1) is 0 Å². The summed E-state index contributed by atoms with van der Waals surface area (Å²) in [6, 6.07) is 8.03. The third-order valence-corrected chi connectivity index (χ3v) is 2.10. The Morgan fingerprint density at radius 3 is 2.69 bits per heavy atom. The first-order valence-electron chi connectivity index (χ1n) is 4.67. The summed E-state index contributed by atoms with van der Waals surface area (Å²) in [7, 11) is 1.73. The molecule has 0 bridgehead atoms. The average Bonchev–Trinajstić information content (AvgIpc) is 2.15. The topological polar surface area (TPSA) is 35.2 Å². The Kier molecular flexibility index (Phi) is 4.33. The van der Waals surface area contributed by atoms with Crippen LogP contribution in [-0.2, 0) is 11.2 Å². The van der Waals surface area contributed by atoms with Crippen molar-refractivity contribution in [3.05, 3.63) is 29.8 Å². The number of nitrogen functional groups attached to an aromatic ring is 1. The number of unbranched alkanes of at least 4 members (excludes halogenated alkanes) is 1. The van der Waals surface area contributed by atoms with E-state index in [2.05, 4.69) is 6.07 Å². The lowest BCUT2D eigenvalue weighted by molar-refractivity contribution is 0.193. The third-order valence-electron chi connectivity index (χ3n) is 2.10. The maximum atomic E-state index is 5.80. The number of anilines is 1. The van der Waals surface area contributed by atoms with Crippen molar-refractivity contribution in [3.63, 3.8) is 0 Å². The Bertz CT molecular complexity index is 248. The molecular formula is C11H17NO. The molecule has 0 aliphatic rings. The minimum atomic E-state index is 0.840. The molecule has 1 aromatic rings. The van der Waals surface area contributed by atoms with E-state index in [0.29, 0.717) is 0 Å². The molecule has 2 nitrogen and oxygen atoms in total. The van der Waals surface area contributed by atoms with Crippen LogP contribution in [-0.4, -0.2) is 13.7 Å². The number of aryl methyl sites for hydroxylation is 1. The highest BCUT2D eigenvalue weighted by molar-refractivity contribution is 5.46. The normalized spacial score (nSPS) is 10.2. The molecule has 1 aromatic carbocycles. The zero-order valence-electron chi connectivity index (χ0n) is 8.12. The van der Waals surface area contributed by atoms with Crippen LogP contribution in [0.1, 0.15) is 18.4 Å². The van der Waals surface area contributed by atoms with E-state index in [1.807, 2.05) is 18.2 Å². The van der Waals surface area contributed by atoms with E-state index < -0.39 is 0 Å². The maximum Gasteiger partial charge on any atom is 0.0462 e. The van der Waals surface area contributed by atoms with Crippen molar-refractivity contribution in [2.45, 2.75) is 19.3 Å². The Balaban J connectivity index is 2.32. The predicted octanol–water partition coefficient (Wildman–Crippen LogP) is 2.24. The van der Waals surface area contributed by atoms with Gasteiger partial charge < -0.3 is 10.5 Å². The van der Waals surface area contributed by atoms with Crippen LogP contribution in [0.25, 0.3) is 0 Å². The molecule has 0 atom stereocenters. The van der Waals surface area contributed by atoms with Crippen molar-refractivity contribution in [1.82, 2.24) is 0 Å². The van der Waals surface area contributed by atoms with Crippen molar-refractivity contribution in [1.29, 1.82) is 0 Å². The summed E-state index contributed by atoms with van der Waals surface area (Å²) < 4.78 is 4.98. The van der Waals surface area contributed by atoms with Crippen LogP contribution in [0.5, 0.6) is 0 Å². The minimum absolute atomic E-state index is 0.840. The van der Waals surface area contributed by atoms with Crippen molar-refractivity contribution in [2.75, 3.05) is 19.5 Å². The highest BCUT2D eigenvalue weighted by Gasteiger charge is 1.96. The van der Waals surface area contributed by atoms with Gasteiger partial charge in [-0.05, 0) is 30.9 Å². The molecule has 2 heteroatoms. The molecule has 0 saturated heterocycles. The van der Waals surface area contributed by atoms with Crippen molar-refractivity contribution < 1.29 is 4.74 Å². The second-order valence-corrected chi connectivity index (χ2v) is 3.15. The summed E-state index contributed by atoms with van der Waals surface area (Å²) in [5, 5.41) is 0. The molecule has 0 aliphatic carbocycles. The van der Waals surface area contributed by atoms with Crippen molar-refractivity contribution >= 4 is 5.69 Å². The molecule has 72 valence electrons. The van der Waals surface area contributed by atoms with Crippen LogP contribution in [0, 0.1) is 0 Å². The van der Waals surface area contributed by atoms with Gasteiger partial charge in [-0.1, -0.05) is 18.2 Å². The van der Waals surface area contributed by atoms with Gasteiger partial charge >= 0.3 is 0 Å². The van der Waals surface area contributed by atoms with Gasteiger partial charge in [0, 0.05) is 19.4 Å². The lowest BCUT2D eigenvalue weighted by Gasteiger charge is -2.04. The Morgan fingerprint density at radius 2 is 2.00 bits per heavy atom. The van der Waals surface area contributed by atoms with Crippen LogP contribution in [0.4, 0.5) is 5.69 Å². The fourth-order valence-electron chi connectivity index (χ4n) is 1.32. The van der Waals surface area contributed by atoms with Gasteiger partial charge in [-0.2, -0.15) is 0 Å². The number of nitrogens with two attached hydrogens (primary N) is 1. The smallest absolute Gasteiger partial charge is 0.0462 e. The lowest BCUT2D eigenvalue weighted by Crippen LogP contribution is -1.95. The second-order valence-electron chi connectivity index (χ2n) is 3.15. The van der Waals surface area contributed by atoms with E-state index in [1.54, 1.807) is 7.11 Å².